The van der Waals surface area contributed by atoms with Gasteiger partial charge in [0.25, 0.3) is 0 Å². The molecule has 1 saturated heterocycles. The van der Waals surface area contributed by atoms with Gasteiger partial charge in [-0.1, -0.05) is 6.58 Å². The van der Waals surface area contributed by atoms with Crippen molar-refractivity contribution in [1.82, 2.24) is 0 Å². The maximum Gasteiger partial charge on any atom is 0.513 e. The van der Waals surface area contributed by atoms with Gasteiger partial charge in [0.15, 0.2) is 0 Å². The van der Waals surface area contributed by atoms with Gasteiger partial charge < -0.3 is 9.47 Å². The van der Waals surface area contributed by atoms with Crippen LogP contribution in [0.3, 0.4) is 0 Å². The molecule has 0 saturated carbocycles. The van der Waals surface area contributed by atoms with E-state index in [0.29, 0.717) is 12.2 Å². The lowest BCUT2D eigenvalue weighted by Crippen LogP contribution is -2.22. The summed E-state index contributed by atoms with van der Waals surface area (Å²) in [6, 6.07) is 0. The zero-order valence-corrected chi connectivity index (χ0v) is 5.22. The molecule has 0 aromatic carbocycles. The molecule has 3 nitrogen and oxygen atoms in total. The third-order valence-electron chi connectivity index (χ3n) is 1.04. The van der Waals surface area contributed by atoms with Gasteiger partial charge in [-0.2, -0.15) is 0 Å². The Bertz CT molecular complexity index is 134. The highest BCUT2D eigenvalue weighted by Crippen LogP contribution is 2.15. The van der Waals surface area contributed by atoms with E-state index in [1.807, 2.05) is 0 Å². The van der Waals surface area contributed by atoms with Crippen LogP contribution in [0.1, 0.15) is 13.3 Å². The van der Waals surface area contributed by atoms with E-state index in [1.165, 1.54) is 0 Å². The van der Waals surface area contributed by atoms with E-state index < -0.39 is 6.16 Å². The SMILES string of the molecule is C=C1CC(C)OC(=O)O1. The number of carbonyl (C=O) groups excluding carboxylic acids is 1. The Morgan fingerprint density at radius 2 is 2.44 bits per heavy atom. The first-order chi connectivity index (χ1) is 4.18. The van der Waals surface area contributed by atoms with E-state index >= 15 is 0 Å². The Morgan fingerprint density at radius 3 is 2.89 bits per heavy atom. The number of hydrogen-bond acceptors (Lipinski definition) is 3. The smallest absolute Gasteiger partial charge is 0.430 e. The van der Waals surface area contributed by atoms with Crippen molar-refractivity contribution in [1.29, 1.82) is 0 Å². The lowest BCUT2D eigenvalue weighted by atomic mass is 10.2. The molecule has 1 unspecified atom stereocenters. The van der Waals surface area contributed by atoms with E-state index in [0.717, 1.165) is 0 Å². The molecule has 0 radical (unpaired) electrons. The molecule has 0 N–H and O–H groups in total. The first kappa shape index (κ1) is 6.13. The number of rotatable bonds is 0. The summed E-state index contributed by atoms with van der Waals surface area (Å²) in [5, 5.41) is 0. The second-order valence-electron chi connectivity index (χ2n) is 2.02. The molecule has 0 aliphatic carbocycles. The summed E-state index contributed by atoms with van der Waals surface area (Å²) >= 11 is 0. The second-order valence-corrected chi connectivity index (χ2v) is 2.02. The van der Waals surface area contributed by atoms with Crippen molar-refractivity contribution in [2.24, 2.45) is 0 Å². The quantitative estimate of drug-likeness (QED) is 0.463. The third kappa shape index (κ3) is 1.45. The van der Waals surface area contributed by atoms with Crippen LogP contribution >= 0.6 is 0 Å². The third-order valence-corrected chi connectivity index (χ3v) is 1.04. The monoisotopic (exact) mass is 128 g/mol. The minimum atomic E-state index is -0.640. The summed E-state index contributed by atoms with van der Waals surface area (Å²) in [7, 11) is 0. The molecule has 0 aromatic rings. The molecule has 1 rings (SSSR count). The van der Waals surface area contributed by atoms with Gasteiger partial charge in [0.1, 0.15) is 11.9 Å². The Morgan fingerprint density at radius 1 is 1.78 bits per heavy atom. The molecule has 1 aliphatic heterocycles. The molecular formula is C6H8O3. The van der Waals surface area contributed by atoms with Gasteiger partial charge in [0.05, 0.1) is 0 Å². The average molecular weight is 128 g/mol. The normalized spacial score (nSPS) is 27.0. The number of ether oxygens (including phenoxy) is 2. The minimum absolute atomic E-state index is 0.0845. The molecular weight excluding hydrogens is 120 g/mol. The van der Waals surface area contributed by atoms with E-state index in [4.69, 9.17) is 0 Å². The summed E-state index contributed by atoms with van der Waals surface area (Å²) < 4.78 is 9.14. The highest BCUT2D eigenvalue weighted by Gasteiger charge is 2.19. The highest BCUT2D eigenvalue weighted by molar-refractivity contribution is 5.62. The first-order valence-electron chi connectivity index (χ1n) is 2.74. The van der Waals surface area contributed by atoms with Crippen LogP contribution in [0.15, 0.2) is 12.3 Å². The Hall–Kier alpha value is -0.990. The molecule has 50 valence electrons. The van der Waals surface area contributed by atoms with Gasteiger partial charge in [-0.25, -0.2) is 4.79 Å². The lowest BCUT2D eigenvalue weighted by molar-refractivity contribution is 0.0135. The molecule has 0 aromatic heterocycles. The molecule has 3 heteroatoms. The van der Waals surface area contributed by atoms with E-state index in [-0.39, 0.29) is 6.10 Å². The fourth-order valence-electron chi connectivity index (χ4n) is 0.710. The number of cyclic esters (lactones) is 2. The summed E-state index contributed by atoms with van der Waals surface area (Å²) in [4.78, 5) is 10.4. The molecule has 0 spiro atoms. The van der Waals surface area contributed by atoms with E-state index in [9.17, 15) is 4.79 Å². The predicted octanol–water partition coefficient (Wildman–Crippen LogP) is 1.45. The van der Waals surface area contributed by atoms with E-state index in [2.05, 4.69) is 16.1 Å². The topological polar surface area (TPSA) is 35.5 Å². The summed E-state index contributed by atoms with van der Waals surface area (Å²) in [5.74, 6) is 0.485. The van der Waals surface area contributed by atoms with Crippen LogP contribution in [0.5, 0.6) is 0 Å². The van der Waals surface area contributed by atoms with Crippen LogP contribution in [-0.4, -0.2) is 12.3 Å². The molecule has 0 amide bonds. The van der Waals surface area contributed by atoms with Gasteiger partial charge in [-0.3, -0.25) is 0 Å². The van der Waals surface area contributed by atoms with Crippen molar-refractivity contribution in [2.45, 2.75) is 19.4 Å². The van der Waals surface area contributed by atoms with Crippen LogP contribution in [0.25, 0.3) is 0 Å². The van der Waals surface area contributed by atoms with Gasteiger partial charge in [0.2, 0.25) is 0 Å². The van der Waals surface area contributed by atoms with Gasteiger partial charge in [0, 0.05) is 6.42 Å². The lowest BCUT2D eigenvalue weighted by Gasteiger charge is -2.19. The average Bonchev–Trinajstić information content (AvgIpc) is 1.59. The van der Waals surface area contributed by atoms with Gasteiger partial charge >= 0.3 is 6.16 Å². The Labute approximate surface area is 53.3 Å². The Kier molecular flexibility index (Phi) is 1.42. The van der Waals surface area contributed by atoms with Gasteiger partial charge in [-0.05, 0) is 6.92 Å². The summed E-state index contributed by atoms with van der Waals surface area (Å²) in [6.45, 7) is 5.29. The second kappa shape index (κ2) is 2.09. The summed E-state index contributed by atoms with van der Waals surface area (Å²) in [5.41, 5.74) is 0. The molecule has 9 heavy (non-hydrogen) atoms. The van der Waals surface area contributed by atoms with Crippen molar-refractivity contribution in [3.63, 3.8) is 0 Å². The van der Waals surface area contributed by atoms with Crippen LogP contribution in [-0.2, 0) is 9.47 Å². The fourth-order valence-corrected chi connectivity index (χ4v) is 0.710. The summed E-state index contributed by atoms with van der Waals surface area (Å²) in [6.07, 6.45) is -0.122. The maximum absolute atomic E-state index is 10.4. The van der Waals surface area contributed by atoms with Crippen LogP contribution in [0, 0.1) is 0 Å². The first-order valence-corrected chi connectivity index (χ1v) is 2.74. The van der Waals surface area contributed by atoms with Crippen molar-refractivity contribution in [3.05, 3.63) is 12.3 Å². The number of hydrogen-bond donors (Lipinski definition) is 0. The standard InChI is InChI=1S/C6H8O3/c1-4-3-5(2)9-6(7)8-4/h5H,1,3H2,2H3. The molecule has 1 heterocycles. The zero-order valence-electron chi connectivity index (χ0n) is 5.22. The Balaban J connectivity index is 2.53. The number of carbonyl (C=O) groups is 1. The zero-order chi connectivity index (χ0) is 6.85. The van der Waals surface area contributed by atoms with Crippen LogP contribution in [0.4, 0.5) is 4.79 Å². The fraction of sp³-hybridized carbons (Fsp3) is 0.500. The van der Waals surface area contributed by atoms with E-state index in [1.54, 1.807) is 6.92 Å². The highest BCUT2D eigenvalue weighted by atomic mass is 16.7. The van der Waals surface area contributed by atoms with Crippen molar-refractivity contribution in [3.8, 4) is 0 Å². The molecule has 1 aliphatic rings. The maximum atomic E-state index is 10.4. The van der Waals surface area contributed by atoms with Crippen molar-refractivity contribution in [2.75, 3.05) is 0 Å². The molecule has 0 bridgehead atoms. The van der Waals surface area contributed by atoms with Crippen LogP contribution in [0.2, 0.25) is 0 Å². The van der Waals surface area contributed by atoms with Crippen molar-refractivity contribution >= 4 is 6.16 Å². The molecule has 1 atom stereocenters. The van der Waals surface area contributed by atoms with Gasteiger partial charge in [-0.15, -0.1) is 0 Å². The predicted molar refractivity (Wildman–Crippen MR) is 30.8 cm³/mol. The van der Waals surface area contributed by atoms with Crippen LogP contribution < -0.4 is 0 Å². The minimum Gasteiger partial charge on any atom is -0.430 e. The largest absolute Gasteiger partial charge is 0.513 e. The molecule has 1 fully saturated rings. The van der Waals surface area contributed by atoms with Crippen molar-refractivity contribution < 1.29 is 14.3 Å².